The molecule has 14 nitrogen and oxygen atoms in total. The maximum absolute atomic E-state index is 11.7. The minimum absolute atomic E-state index is 0.0361. The number of imidazole rings is 1. The molecule has 2 aromatic heterocycles. The highest BCUT2D eigenvalue weighted by molar-refractivity contribution is 7.47. The van der Waals surface area contributed by atoms with E-state index in [1.807, 2.05) is 29.7 Å². The highest BCUT2D eigenvalue weighted by Crippen LogP contribution is 2.43. The van der Waals surface area contributed by atoms with Crippen LogP contribution in [-0.4, -0.2) is 53.9 Å². The zero-order valence-electron chi connectivity index (χ0n) is 22.3. The molecule has 2 aromatic carbocycles. The first kappa shape index (κ1) is 30.9. The molecule has 2 heterocycles. The Balaban J connectivity index is 1.90. The van der Waals surface area contributed by atoms with Crippen LogP contribution < -0.4 is 20.5 Å². The van der Waals surface area contributed by atoms with E-state index >= 15 is 0 Å². The summed E-state index contributed by atoms with van der Waals surface area (Å²) >= 11 is 0. The van der Waals surface area contributed by atoms with E-state index in [0.717, 1.165) is 29.9 Å². The van der Waals surface area contributed by atoms with Crippen LogP contribution in [0.5, 0.6) is 11.5 Å². The monoisotopic (exact) mass is 609 g/mol. The maximum Gasteiger partial charge on any atom is 0.524 e. The van der Waals surface area contributed by atoms with Crippen LogP contribution in [0.25, 0.3) is 21.9 Å². The minimum atomic E-state index is -4.98. The van der Waals surface area contributed by atoms with Gasteiger partial charge in [-0.2, -0.15) is 0 Å². The van der Waals surface area contributed by atoms with Crippen molar-refractivity contribution in [2.45, 2.75) is 39.2 Å². The predicted molar refractivity (Wildman–Crippen MR) is 153 cm³/mol. The van der Waals surface area contributed by atoms with Crippen LogP contribution in [0, 0.1) is 0 Å². The zero-order chi connectivity index (χ0) is 29.8. The molecule has 4 aromatic rings. The first-order chi connectivity index (χ1) is 19.4. The molecule has 0 aliphatic carbocycles. The van der Waals surface area contributed by atoms with Crippen LogP contribution in [0.3, 0.4) is 0 Å². The number of ether oxygens (including phenoxy) is 1. The van der Waals surface area contributed by atoms with Gasteiger partial charge in [-0.3, -0.25) is 19.6 Å². The van der Waals surface area contributed by atoms with Gasteiger partial charge in [0.2, 0.25) is 0 Å². The van der Waals surface area contributed by atoms with Crippen LogP contribution in [0.1, 0.15) is 36.7 Å². The lowest BCUT2D eigenvalue weighted by molar-refractivity contribution is 0.145. The van der Waals surface area contributed by atoms with Gasteiger partial charge in [0, 0.05) is 23.9 Å². The van der Waals surface area contributed by atoms with Gasteiger partial charge in [-0.1, -0.05) is 19.4 Å². The quantitative estimate of drug-likeness (QED) is 0.0894. The smallest absolute Gasteiger partial charge is 0.404 e. The zero-order valence-corrected chi connectivity index (χ0v) is 24.1. The van der Waals surface area contributed by atoms with Gasteiger partial charge < -0.3 is 29.8 Å². The summed E-state index contributed by atoms with van der Waals surface area (Å²) in [5, 5.41) is 0.751. The number of nitrogen functional groups attached to an aromatic ring is 1. The highest BCUT2D eigenvalue weighted by Gasteiger charge is 2.24. The van der Waals surface area contributed by atoms with E-state index in [0.29, 0.717) is 55.0 Å². The Kier molecular flexibility index (Phi) is 9.68. The second-order valence-corrected chi connectivity index (χ2v) is 11.7. The van der Waals surface area contributed by atoms with Gasteiger partial charge in [-0.25, -0.2) is 19.1 Å². The number of phosphoric ester groups is 2. The average Bonchev–Trinajstić information content (AvgIpc) is 3.24. The molecule has 0 atom stereocenters. The van der Waals surface area contributed by atoms with Crippen LogP contribution in [0.15, 0.2) is 36.4 Å². The van der Waals surface area contributed by atoms with Gasteiger partial charge >= 0.3 is 15.6 Å². The van der Waals surface area contributed by atoms with Crippen molar-refractivity contribution in [2.24, 2.45) is 5.73 Å². The van der Waals surface area contributed by atoms with Crippen molar-refractivity contribution in [2.75, 3.05) is 25.5 Å². The van der Waals surface area contributed by atoms with Crippen LogP contribution in [0.2, 0.25) is 0 Å². The average molecular weight is 610 g/mol. The second-order valence-electron chi connectivity index (χ2n) is 9.35. The molecule has 4 rings (SSSR count). The van der Waals surface area contributed by atoms with Crippen molar-refractivity contribution in [1.29, 1.82) is 0 Å². The minimum Gasteiger partial charge on any atom is -0.404 e. The summed E-state index contributed by atoms with van der Waals surface area (Å²) in [7, 11) is -9.89. The Bertz CT molecular complexity index is 1630. The largest absolute Gasteiger partial charge is 0.524 e. The first-order valence-electron chi connectivity index (χ1n) is 12.9. The Morgan fingerprint density at radius 2 is 1.71 bits per heavy atom. The fourth-order valence-electron chi connectivity index (χ4n) is 4.49. The van der Waals surface area contributed by atoms with Gasteiger partial charge in [0.25, 0.3) is 0 Å². The number of nitrogens with two attached hydrogens (primary N) is 2. The number of hydrogen-bond acceptors (Lipinski definition) is 9. The number of nitrogens with zero attached hydrogens (tertiary/aromatic N) is 3. The molecule has 0 fully saturated rings. The lowest BCUT2D eigenvalue weighted by Gasteiger charge is -2.17. The van der Waals surface area contributed by atoms with Gasteiger partial charge in [0.1, 0.15) is 22.8 Å². The molecular formula is C25H33N5O9P2. The van der Waals surface area contributed by atoms with E-state index in [-0.39, 0.29) is 29.4 Å². The summed E-state index contributed by atoms with van der Waals surface area (Å²) < 4.78 is 40.2. The summed E-state index contributed by atoms with van der Waals surface area (Å²) in [5.41, 5.74) is 14.7. The number of aromatic nitrogens is 3. The van der Waals surface area contributed by atoms with E-state index in [1.165, 1.54) is 12.1 Å². The number of fused-ring (bicyclic) bond motifs is 3. The van der Waals surface area contributed by atoms with Crippen molar-refractivity contribution < 1.29 is 42.5 Å². The van der Waals surface area contributed by atoms with Crippen molar-refractivity contribution in [3.8, 4) is 11.5 Å². The van der Waals surface area contributed by atoms with Crippen LogP contribution in [0.4, 0.5) is 5.82 Å². The van der Waals surface area contributed by atoms with Crippen molar-refractivity contribution in [1.82, 2.24) is 14.5 Å². The first-order valence-corrected chi connectivity index (χ1v) is 15.9. The summed E-state index contributed by atoms with van der Waals surface area (Å²) in [6.45, 7) is 3.35. The Labute approximate surface area is 235 Å². The lowest BCUT2D eigenvalue weighted by Crippen LogP contribution is -2.10. The molecule has 0 saturated heterocycles. The molecule has 16 heteroatoms. The van der Waals surface area contributed by atoms with Crippen molar-refractivity contribution in [3.05, 3.63) is 53.3 Å². The number of rotatable bonds is 14. The summed E-state index contributed by atoms with van der Waals surface area (Å²) in [5.74, 6) is 0.455. The summed E-state index contributed by atoms with van der Waals surface area (Å²) in [6, 6.07) is 9.33. The fourth-order valence-corrected chi connectivity index (χ4v) is 5.31. The van der Waals surface area contributed by atoms with Crippen molar-refractivity contribution >= 4 is 43.4 Å². The van der Waals surface area contributed by atoms with Gasteiger partial charge in [-0.15, -0.1) is 0 Å². The van der Waals surface area contributed by atoms with E-state index in [9.17, 15) is 28.7 Å². The molecule has 0 aliphatic rings. The normalized spacial score (nSPS) is 12.3. The van der Waals surface area contributed by atoms with Crippen molar-refractivity contribution in [3.63, 3.8) is 0 Å². The molecule has 0 radical (unpaired) electrons. The topological polar surface area (TPSA) is 225 Å². The third-order valence-corrected chi connectivity index (χ3v) is 7.08. The van der Waals surface area contributed by atoms with Gasteiger partial charge in [0.15, 0.2) is 5.82 Å². The summed E-state index contributed by atoms with van der Waals surface area (Å²) in [4.78, 5) is 46.9. The molecular weight excluding hydrogens is 576 g/mol. The lowest BCUT2D eigenvalue weighted by atomic mass is 10.1. The van der Waals surface area contributed by atoms with Crippen LogP contribution >= 0.6 is 15.6 Å². The molecule has 0 bridgehead atoms. The number of aryl methyl sites for hydroxylation is 1. The van der Waals surface area contributed by atoms with Crippen LogP contribution in [-0.2, 0) is 33.3 Å². The fraction of sp³-hybridized carbons (Fsp3) is 0.360. The molecule has 222 valence electrons. The Morgan fingerprint density at radius 3 is 2.39 bits per heavy atom. The third kappa shape index (κ3) is 8.03. The van der Waals surface area contributed by atoms with E-state index in [1.54, 1.807) is 0 Å². The number of hydrogen-bond donors (Lipinski definition) is 6. The van der Waals surface area contributed by atoms with E-state index in [4.69, 9.17) is 30.2 Å². The maximum atomic E-state index is 11.7. The number of anilines is 1. The summed E-state index contributed by atoms with van der Waals surface area (Å²) in [6.07, 6.45) is 2.86. The number of benzene rings is 2. The number of phosphoric acid groups is 2. The second kappa shape index (κ2) is 12.8. The van der Waals surface area contributed by atoms with E-state index < -0.39 is 15.6 Å². The molecule has 0 aliphatic heterocycles. The standard InChI is InChI=1S/C25H33N5O9P2/c1-2-3-4-22-29-23-24(19-13-16(9-11-37-12-10-26)5-7-20(19)28-25(23)27)30(22)15-17-14-18(38-40(31,32)33)6-8-21(17)39-41(34,35)36/h5-8,13-14H,2-4,9-12,15,26H2,1H3,(H2,27,28)(H2,31,32,33)(H2,34,35,36). The Hall–Kier alpha value is -3.06. The molecule has 0 unspecified atom stereocenters. The molecule has 0 amide bonds. The van der Waals surface area contributed by atoms with E-state index in [2.05, 4.69) is 4.98 Å². The molecule has 41 heavy (non-hydrogen) atoms. The SMILES string of the molecule is CCCCc1nc2c(N)nc3ccc(CCOCCN)cc3c2n1Cc1cc(OP(=O)(O)O)ccc1OP(=O)(O)O. The number of pyridine rings is 1. The molecule has 8 N–H and O–H groups in total. The molecule has 0 spiro atoms. The molecule has 0 saturated carbocycles. The third-order valence-electron chi connectivity index (χ3n) is 6.20. The highest BCUT2D eigenvalue weighted by atomic mass is 31.2. The Morgan fingerprint density at radius 1 is 0.951 bits per heavy atom. The van der Waals surface area contributed by atoms with Gasteiger partial charge in [-0.05, 0) is 48.7 Å². The number of unbranched alkanes of at least 4 members (excludes halogenated alkanes) is 1. The van der Waals surface area contributed by atoms with Gasteiger partial charge in [0.05, 0.1) is 30.8 Å². The predicted octanol–water partition coefficient (Wildman–Crippen LogP) is 3.02.